The molecule has 1 heterocycles. The van der Waals surface area contributed by atoms with E-state index in [1.165, 1.54) is 5.56 Å². The van der Waals surface area contributed by atoms with E-state index in [1.54, 1.807) is 0 Å². The minimum Gasteiger partial charge on any atom is -0.349 e. The number of hydrogen-bond donors (Lipinski definition) is 1. The Morgan fingerprint density at radius 2 is 1.90 bits per heavy atom. The van der Waals surface area contributed by atoms with Crippen LogP contribution in [0.15, 0.2) is 54.6 Å². The Morgan fingerprint density at radius 3 is 2.67 bits per heavy atom. The Morgan fingerprint density at radius 1 is 1.10 bits per heavy atom. The molecule has 1 N–H and O–H groups in total. The molecule has 0 spiro atoms. The van der Waals surface area contributed by atoms with E-state index in [4.69, 9.17) is 23.8 Å². The van der Waals surface area contributed by atoms with Gasteiger partial charge in [0.25, 0.3) is 0 Å². The second-order valence-corrected chi connectivity index (χ2v) is 5.83. The molecule has 0 unspecified atom stereocenters. The SMILES string of the molecule is S=C1NCN(Cc2ccccc2)CN1c1cccc(Cl)c1. The van der Waals surface area contributed by atoms with Crippen LogP contribution in [0.2, 0.25) is 5.02 Å². The smallest absolute Gasteiger partial charge is 0.175 e. The first-order valence-electron chi connectivity index (χ1n) is 6.79. The van der Waals surface area contributed by atoms with Gasteiger partial charge in [0.05, 0.1) is 13.3 Å². The zero-order chi connectivity index (χ0) is 14.7. The molecule has 21 heavy (non-hydrogen) atoms. The second-order valence-electron chi connectivity index (χ2n) is 5.00. The molecule has 0 bridgehead atoms. The van der Waals surface area contributed by atoms with Crippen molar-refractivity contribution < 1.29 is 0 Å². The van der Waals surface area contributed by atoms with Gasteiger partial charge >= 0.3 is 0 Å². The number of rotatable bonds is 3. The lowest BCUT2D eigenvalue weighted by Gasteiger charge is -2.38. The molecule has 5 heteroatoms. The summed E-state index contributed by atoms with van der Waals surface area (Å²) in [6.45, 7) is 2.39. The Balaban J connectivity index is 1.74. The van der Waals surface area contributed by atoms with Gasteiger partial charge in [0, 0.05) is 17.3 Å². The van der Waals surface area contributed by atoms with E-state index in [2.05, 4.69) is 39.4 Å². The van der Waals surface area contributed by atoms with E-state index in [-0.39, 0.29) is 0 Å². The lowest BCUT2D eigenvalue weighted by molar-refractivity contribution is 0.253. The van der Waals surface area contributed by atoms with Gasteiger partial charge in [0.1, 0.15) is 0 Å². The molecule has 2 aromatic carbocycles. The fourth-order valence-electron chi connectivity index (χ4n) is 2.38. The van der Waals surface area contributed by atoms with Gasteiger partial charge in [-0.1, -0.05) is 48.0 Å². The summed E-state index contributed by atoms with van der Waals surface area (Å²) in [5.74, 6) is 0. The molecule has 0 aliphatic carbocycles. The maximum atomic E-state index is 6.07. The van der Waals surface area contributed by atoms with Gasteiger partial charge in [0.2, 0.25) is 0 Å². The maximum Gasteiger partial charge on any atom is 0.175 e. The highest BCUT2D eigenvalue weighted by Crippen LogP contribution is 2.21. The average molecular weight is 318 g/mol. The fourth-order valence-corrected chi connectivity index (χ4v) is 2.79. The van der Waals surface area contributed by atoms with Gasteiger partial charge < -0.3 is 10.2 Å². The van der Waals surface area contributed by atoms with Crippen molar-refractivity contribution >= 4 is 34.6 Å². The molecular weight excluding hydrogens is 302 g/mol. The minimum absolute atomic E-state index is 0.718. The summed E-state index contributed by atoms with van der Waals surface area (Å²) >= 11 is 11.5. The number of thiocarbonyl (C=S) groups is 1. The molecule has 0 radical (unpaired) electrons. The molecular formula is C16H16ClN3S. The molecule has 3 rings (SSSR count). The molecule has 1 aliphatic rings. The zero-order valence-electron chi connectivity index (χ0n) is 11.5. The van der Waals surface area contributed by atoms with E-state index in [0.717, 1.165) is 35.7 Å². The van der Waals surface area contributed by atoms with Crippen molar-refractivity contribution in [1.82, 2.24) is 10.2 Å². The number of nitrogens with one attached hydrogen (secondary N) is 1. The minimum atomic E-state index is 0.718. The summed E-state index contributed by atoms with van der Waals surface area (Å²) in [4.78, 5) is 4.36. The van der Waals surface area contributed by atoms with Crippen LogP contribution in [0.4, 0.5) is 5.69 Å². The van der Waals surface area contributed by atoms with E-state index in [0.29, 0.717) is 0 Å². The summed E-state index contributed by atoms with van der Waals surface area (Å²) in [5, 5.41) is 4.72. The largest absolute Gasteiger partial charge is 0.349 e. The maximum absolute atomic E-state index is 6.07. The van der Waals surface area contributed by atoms with Gasteiger partial charge in [-0.15, -0.1) is 0 Å². The standard InChI is InChI=1S/C16H16ClN3S/c17-14-7-4-8-15(9-14)20-12-19(11-18-16(20)21)10-13-5-2-1-3-6-13/h1-9H,10-12H2,(H,18,21). The number of anilines is 1. The van der Waals surface area contributed by atoms with Gasteiger partial charge in [-0.3, -0.25) is 4.90 Å². The Labute approximate surface area is 135 Å². The number of halogens is 1. The average Bonchev–Trinajstić information content (AvgIpc) is 2.50. The molecule has 0 atom stereocenters. The molecule has 1 aliphatic heterocycles. The van der Waals surface area contributed by atoms with Crippen LogP contribution >= 0.6 is 23.8 Å². The van der Waals surface area contributed by atoms with Crippen molar-refractivity contribution in [3.63, 3.8) is 0 Å². The van der Waals surface area contributed by atoms with Crippen molar-refractivity contribution in [1.29, 1.82) is 0 Å². The van der Waals surface area contributed by atoms with Crippen LogP contribution in [0.1, 0.15) is 5.56 Å². The molecule has 0 amide bonds. The lowest BCUT2D eigenvalue weighted by atomic mass is 10.2. The van der Waals surface area contributed by atoms with Gasteiger partial charge in [-0.25, -0.2) is 0 Å². The van der Waals surface area contributed by atoms with Crippen LogP contribution in [0, 0.1) is 0 Å². The normalized spacial score (nSPS) is 15.9. The summed E-state index contributed by atoms with van der Waals surface area (Å²) in [6, 6.07) is 18.2. The molecule has 3 nitrogen and oxygen atoms in total. The number of hydrogen-bond acceptors (Lipinski definition) is 2. The first-order chi connectivity index (χ1) is 10.2. The monoisotopic (exact) mass is 317 g/mol. The molecule has 2 aromatic rings. The Bertz CT molecular complexity index is 632. The third-order valence-electron chi connectivity index (χ3n) is 3.41. The zero-order valence-corrected chi connectivity index (χ0v) is 13.1. The first-order valence-corrected chi connectivity index (χ1v) is 7.58. The van der Waals surface area contributed by atoms with Gasteiger partial charge in [-0.05, 0) is 36.0 Å². The van der Waals surface area contributed by atoms with Gasteiger partial charge in [0.15, 0.2) is 5.11 Å². The number of benzene rings is 2. The highest BCUT2D eigenvalue weighted by atomic mass is 35.5. The molecule has 0 aromatic heterocycles. The highest BCUT2D eigenvalue weighted by Gasteiger charge is 2.21. The van der Waals surface area contributed by atoms with Crippen LogP contribution in [-0.4, -0.2) is 23.3 Å². The van der Waals surface area contributed by atoms with Crippen molar-refractivity contribution in [2.45, 2.75) is 6.54 Å². The van der Waals surface area contributed by atoms with Crippen molar-refractivity contribution in [2.75, 3.05) is 18.2 Å². The quantitative estimate of drug-likeness (QED) is 0.874. The Kier molecular flexibility index (Phi) is 4.39. The highest BCUT2D eigenvalue weighted by molar-refractivity contribution is 7.80. The van der Waals surface area contributed by atoms with E-state index in [1.807, 2.05) is 30.3 Å². The fraction of sp³-hybridized carbons (Fsp3) is 0.188. The van der Waals surface area contributed by atoms with E-state index in [9.17, 15) is 0 Å². The summed E-state index contributed by atoms with van der Waals surface area (Å²) in [7, 11) is 0. The van der Waals surface area contributed by atoms with Crippen molar-refractivity contribution in [3.05, 3.63) is 65.2 Å². The predicted molar refractivity (Wildman–Crippen MR) is 91.4 cm³/mol. The van der Waals surface area contributed by atoms with Crippen LogP contribution in [0.5, 0.6) is 0 Å². The van der Waals surface area contributed by atoms with Crippen LogP contribution in [0.3, 0.4) is 0 Å². The van der Waals surface area contributed by atoms with Crippen molar-refractivity contribution in [3.8, 4) is 0 Å². The second kappa shape index (κ2) is 6.43. The van der Waals surface area contributed by atoms with Crippen molar-refractivity contribution in [2.24, 2.45) is 0 Å². The van der Waals surface area contributed by atoms with Crippen LogP contribution in [0.25, 0.3) is 0 Å². The van der Waals surface area contributed by atoms with Crippen LogP contribution in [-0.2, 0) is 6.54 Å². The van der Waals surface area contributed by atoms with Crippen LogP contribution < -0.4 is 10.2 Å². The third-order valence-corrected chi connectivity index (χ3v) is 4.01. The van der Waals surface area contributed by atoms with Gasteiger partial charge in [-0.2, -0.15) is 0 Å². The molecule has 1 saturated heterocycles. The predicted octanol–water partition coefficient (Wildman–Crippen LogP) is 3.45. The lowest BCUT2D eigenvalue weighted by Crippen LogP contribution is -2.55. The molecule has 0 saturated carbocycles. The summed E-state index contributed by atoms with van der Waals surface area (Å²) in [6.07, 6.45) is 0. The first kappa shape index (κ1) is 14.3. The molecule has 108 valence electrons. The topological polar surface area (TPSA) is 18.5 Å². The summed E-state index contributed by atoms with van der Waals surface area (Å²) < 4.78 is 0. The third kappa shape index (κ3) is 3.53. The number of nitrogens with zero attached hydrogens (tertiary/aromatic N) is 2. The Hall–Kier alpha value is -1.62. The molecule has 1 fully saturated rings. The van der Waals surface area contributed by atoms with E-state index >= 15 is 0 Å². The van der Waals surface area contributed by atoms with E-state index < -0.39 is 0 Å². The summed E-state index contributed by atoms with van der Waals surface area (Å²) in [5.41, 5.74) is 2.30.